The molecule has 3 aliphatic heterocycles. The zero-order valence-electron chi connectivity index (χ0n) is 18.5. The first-order chi connectivity index (χ1) is 14.0. The molecule has 7 nitrogen and oxygen atoms in total. The first-order valence-electron chi connectivity index (χ1n) is 10.7. The van der Waals surface area contributed by atoms with Crippen molar-refractivity contribution in [1.29, 1.82) is 0 Å². The fraction of sp³-hybridized carbons (Fsp3) is 0.773. The molecule has 30 heavy (non-hydrogen) atoms. The van der Waals surface area contributed by atoms with E-state index >= 15 is 0 Å². The van der Waals surface area contributed by atoms with Gasteiger partial charge in [0.1, 0.15) is 6.04 Å². The van der Waals surface area contributed by atoms with Crippen LogP contribution in [-0.4, -0.2) is 78.6 Å². The molecule has 2 bridgehead atoms. The van der Waals surface area contributed by atoms with Crippen molar-refractivity contribution in [3.05, 3.63) is 12.7 Å². The molecular weight excluding hydrogens is 404 g/mol. The zero-order chi connectivity index (χ0) is 22.6. The summed E-state index contributed by atoms with van der Waals surface area (Å²) in [5.41, 5.74) is -0.494. The molecular formula is C22H34N2O5S. The smallest absolute Gasteiger partial charge is 0.308 e. The van der Waals surface area contributed by atoms with Crippen molar-refractivity contribution in [2.24, 2.45) is 17.8 Å². The van der Waals surface area contributed by atoms with Crippen molar-refractivity contribution in [3.63, 3.8) is 0 Å². The van der Waals surface area contributed by atoms with Crippen LogP contribution in [0.3, 0.4) is 0 Å². The molecule has 3 fully saturated rings. The Morgan fingerprint density at radius 3 is 2.53 bits per heavy atom. The molecule has 3 heterocycles. The normalized spacial score (nSPS) is 36.0. The van der Waals surface area contributed by atoms with Crippen LogP contribution < -0.4 is 0 Å². The van der Waals surface area contributed by atoms with Crippen LogP contribution in [0.25, 0.3) is 0 Å². The lowest BCUT2D eigenvalue weighted by atomic mass is 9.66. The molecule has 0 aromatic heterocycles. The molecule has 0 aliphatic carbocycles. The number of carboxylic acid groups (broad SMARTS) is 1. The second-order valence-corrected chi connectivity index (χ2v) is 11.3. The van der Waals surface area contributed by atoms with E-state index in [0.717, 1.165) is 0 Å². The Morgan fingerprint density at radius 2 is 2.07 bits per heavy atom. The molecule has 0 radical (unpaired) electrons. The Morgan fingerprint density at radius 1 is 1.43 bits per heavy atom. The van der Waals surface area contributed by atoms with E-state index in [1.54, 1.807) is 11.0 Å². The highest BCUT2D eigenvalue weighted by molar-refractivity contribution is 8.02. The number of thioether (sulfide) groups is 1. The molecule has 3 saturated heterocycles. The SMILES string of the molecule is C=CCN(C(=O)C1N([C@@H](CC)CO)C(=O)[C@@H]2[C@@H](C(=O)O)[C@H]3CC(C)C12S3)C(C)(C)C. The molecule has 1 spiro atoms. The van der Waals surface area contributed by atoms with Gasteiger partial charge in [-0.2, -0.15) is 0 Å². The fourth-order valence-corrected chi connectivity index (χ4v) is 8.19. The Balaban J connectivity index is 2.18. The maximum absolute atomic E-state index is 14.1. The summed E-state index contributed by atoms with van der Waals surface area (Å²) in [6.07, 6.45) is 2.84. The lowest BCUT2D eigenvalue weighted by Crippen LogP contribution is -2.61. The van der Waals surface area contributed by atoms with Gasteiger partial charge >= 0.3 is 5.97 Å². The second-order valence-electron chi connectivity index (χ2n) is 9.79. The summed E-state index contributed by atoms with van der Waals surface area (Å²) in [7, 11) is 0. The van der Waals surface area contributed by atoms with Crippen molar-refractivity contribution in [2.75, 3.05) is 13.2 Å². The van der Waals surface area contributed by atoms with E-state index in [4.69, 9.17) is 0 Å². The molecule has 0 saturated carbocycles. The number of rotatable bonds is 7. The topological polar surface area (TPSA) is 98.2 Å². The third-order valence-corrected chi connectivity index (χ3v) is 9.24. The zero-order valence-corrected chi connectivity index (χ0v) is 19.3. The number of carbonyl (C=O) groups excluding carboxylic acids is 2. The van der Waals surface area contributed by atoms with E-state index < -0.39 is 40.2 Å². The standard InChI is InChI=1S/C22H34N2O5S/c1-7-9-23(21(4,5)6)19(27)17-22-12(3)10-14(30-22)15(20(28)29)16(22)18(26)24(17)13(8-2)11-25/h7,12-17,25H,1,8-11H2,2-6H3,(H,28,29)/t12?,13-,14+,15-,16-,17?,22?/m0/s1. The lowest BCUT2D eigenvalue weighted by molar-refractivity contribution is -0.150. The number of fused-ring (bicyclic) bond motifs is 1. The number of amides is 2. The summed E-state index contributed by atoms with van der Waals surface area (Å²) in [4.78, 5) is 43.1. The van der Waals surface area contributed by atoms with Crippen molar-refractivity contribution in [2.45, 2.75) is 75.1 Å². The number of nitrogens with zero attached hydrogens (tertiary/aromatic N) is 2. The summed E-state index contributed by atoms with van der Waals surface area (Å²) in [6.45, 7) is 13.6. The van der Waals surface area contributed by atoms with E-state index in [-0.39, 0.29) is 29.6 Å². The monoisotopic (exact) mass is 438 g/mol. The summed E-state index contributed by atoms with van der Waals surface area (Å²) in [6, 6.07) is -1.31. The minimum atomic E-state index is -0.969. The van der Waals surface area contributed by atoms with Gasteiger partial charge in [-0.3, -0.25) is 14.4 Å². The van der Waals surface area contributed by atoms with E-state index in [1.807, 2.05) is 34.6 Å². The van der Waals surface area contributed by atoms with Gasteiger partial charge in [-0.05, 0) is 39.5 Å². The number of aliphatic hydroxyl groups excluding tert-OH is 1. The molecule has 3 aliphatic rings. The van der Waals surface area contributed by atoms with Gasteiger partial charge in [-0.25, -0.2) is 0 Å². The predicted molar refractivity (Wildman–Crippen MR) is 116 cm³/mol. The van der Waals surface area contributed by atoms with Crippen molar-refractivity contribution < 1.29 is 24.6 Å². The van der Waals surface area contributed by atoms with E-state index in [2.05, 4.69) is 6.58 Å². The van der Waals surface area contributed by atoms with Crippen LogP contribution in [0.1, 0.15) is 47.5 Å². The van der Waals surface area contributed by atoms with Crippen LogP contribution in [0.15, 0.2) is 12.7 Å². The van der Waals surface area contributed by atoms with Gasteiger partial charge in [-0.15, -0.1) is 18.3 Å². The number of aliphatic hydroxyl groups is 1. The average Bonchev–Trinajstić information content (AvgIpc) is 3.24. The van der Waals surface area contributed by atoms with E-state index in [1.165, 1.54) is 16.7 Å². The fourth-order valence-electron chi connectivity index (χ4n) is 5.80. The quantitative estimate of drug-likeness (QED) is 0.590. The van der Waals surface area contributed by atoms with Gasteiger partial charge in [-0.1, -0.05) is 19.9 Å². The minimum Gasteiger partial charge on any atom is -0.481 e. The Kier molecular flexibility index (Phi) is 6.06. The van der Waals surface area contributed by atoms with Crippen molar-refractivity contribution >= 4 is 29.5 Å². The van der Waals surface area contributed by atoms with Crippen molar-refractivity contribution in [3.8, 4) is 0 Å². The summed E-state index contributed by atoms with van der Waals surface area (Å²) in [5.74, 6) is -2.96. The molecule has 0 aromatic carbocycles. The number of hydrogen-bond acceptors (Lipinski definition) is 5. The third-order valence-electron chi connectivity index (χ3n) is 7.17. The first kappa shape index (κ1) is 23.1. The van der Waals surface area contributed by atoms with Gasteiger partial charge in [0.2, 0.25) is 11.8 Å². The summed E-state index contributed by atoms with van der Waals surface area (Å²) >= 11 is 1.52. The largest absolute Gasteiger partial charge is 0.481 e. The van der Waals surface area contributed by atoms with Gasteiger partial charge in [0.25, 0.3) is 0 Å². The number of hydrogen-bond donors (Lipinski definition) is 2. The molecule has 3 rings (SSSR count). The van der Waals surface area contributed by atoms with E-state index in [9.17, 15) is 24.6 Å². The third kappa shape index (κ3) is 3.09. The van der Waals surface area contributed by atoms with Crippen molar-refractivity contribution in [1.82, 2.24) is 9.80 Å². The molecule has 168 valence electrons. The number of carbonyl (C=O) groups is 3. The Bertz CT molecular complexity index is 746. The van der Waals surface area contributed by atoms with Gasteiger partial charge < -0.3 is 20.0 Å². The first-order valence-corrected chi connectivity index (χ1v) is 11.6. The van der Waals surface area contributed by atoms with Crippen LogP contribution >= 0.6 is 11.8 Å². The highest BCUT2D eigenvalue weighted by Gasteiger charge is 2.77. The van der Waals surface area contributed by atoms with Gasteiger partial charge in [0.05, 0.1) is 29.2 Å². The minimum absolute atomic E-state index is 0.0257. The number of likely N-dealkylation sites (tertiary alicyclic amines) is 1. The molecule has 2 N–H and O–H groups in total. The van der Waals surface area contributed by atoms with Crippen LogP contribution in [-0.2, 0) is 14.4 Å². The Labute approximate surface area is 182 Å². The Hall–Kier alpha value is -1.54. The predicted octanol–water partition coefficient (Wildman–Crippen LogP) is 1.99. The van der Waals surface area contributed by atoms with Crippen LogP contribution in [0, 0.1) is 17.8 Å². The van der Waals surface area contributed by atoms with Gasteiger partial charge in [0, 0.05) is 17.3 Å². The second kappa shape index (κ2) is 7.86. The van der Waals surface area contributed by atoms with Crippen LogP contribution in [0.4, 0.5) is 0 Å². The maximum Gasteiger partial charge on any atom is 0.308 e. The summed E-state index contributed by atoms with van der Waals surface area (Å²) in [5, 5.41) is 19.8. The molecule has 8 heteroatoms. The maximum atomic E-state index is 14.1. The number of aliphatic carboxylic acids is 1. The van der Waals surface area contributed by atoms with Crippen LogP contribution in [0.5, 0.6) is 0 Å². The molecule has 7 atom stereocenters. The molecule has 3 unspecified atom stereocenters. The van der Waals surface area contributed by atoms with Crippen LogP contribution in [0.2, 0.25) is 0 Å². The number of carboxylic acids is 1. The lowest BCUT2D eigenvalue weighted by Gasteiger charge is -2.45. The van der Waals surface area contributed by atoms with E-state index in [0.29, 0.717) is 19.4 Å². The molecule has 2 amide bonds. The average molecular weight is 439 g/mol. The summed E-state index contributed by atoms with van der Waals surface area (Å²) < 4.78 is -0.783. The highest BCUT2D eigenvalue weighted by Crippen LogP contribution is 2.69. The van der Waals surface area contributed by atoms with Gasteiger partial charge in [0.15, 0.2) is 0 Å². The highest BCUT2D eigenvalue weighted by atomic mass is 32.2. The molecule has 0 aromatic rings.